The van der Waals surface area contributed by atoms with Gasteiger partial charge in [0.1, 0.15) is 24.7 Å². The second kappa shape index (κ2) is 10.8. The Labute approximate surface area is 207 Å². The molecule has 1 aliphatic heterocycles. The van der Waals surface area contributed by atoms with Crippen molar-refractivity contribution in [1.29, 1.82) is 0 Å². The van der Waals surface area contributed by atoms with Crippen LogP contribution in [0.25, 0.3) is 0 Å². The number of halogens is 2. The normalized spacial score (nSPS) is 14.9. The SMILES string of the molecule is C=CCN(CC(=O)N1CCc2sccc2C1COc1ccc(Cl)cc1)C(=O)c1ccccc1F. The lowest BCUT2D eigenvalue weighted by Gasteiger charge is -2.37. The second-order valence-corrected chi connectivity index (χ2v) is 9.31. The average molecular weight is 499 g/mol. The first-order valence-electron chi connectivity index (χ1n) is 10.9. The van der Waals surface area contributed by atoms with Crippen molar-refractivity contribution in [3.63, 3.8) is 0 Å². The number of nitrogens with zero attached hydrogens (tertiary/aromatic N) is 2. The Balaban J connectivity index is 1.53. The lowest BCUT2D eigenvalue weighted by molar-refractivity contribution is -0.135. The average Bonchev–Trinajstić information content (AvgIpc) is 3.32. The zero-order chi connectivity index (χ0) is 24.1. The molecule has 2 amide bonds. The summed E-state index contributed by atoms with van der Waals surface area (Å²) < 4.78 is 20.2. The lowest BCUT2D eigenvalue weighted by atomic mass is 10.0. The summed E-state index contributed by atoms with van der Waals surface area (Å²) in [6, 6.07) is 14.5. The van der Waals surface area contributed by atoms with Gasteiger partial charge in [-0.05, 0) is 59.8 Å². The van der Waals surface area contributed by atoms with Gasteiger partial charge in [-0.1, -0.05) is 29.8 Å². The highest BCUT2D eigenvalue weighted by Crippen LogP contribution is 2.34. The van der Waals surface area contributed by atoms with Gasteiger partial charge in [0, 0.05) is 23.0 Å². The first kappa shape index (κ1) is 24.0. The monoisotopic (exact) mass is 498 g/mol. The quantitative estimate of drug-likeness (QED) is 0.392. The van der Waals surface area contributed by atoms with Gasteiger partial charge in [-0.15, -0.1) is 17.9 Å². The zero-order valence-electron chi connectivity index (χ0n) is 18.5. The minimum atomic E-state index is -0.621. The van der Waals surface area contributed by atoms with Crippen LogP contribution in [0, 0.1) is 5.82 Å². The van der Waals surface area contributed by atoms with E-state index >= 15 is 0 Å². The summed E-state index contributed by atoms with van der Waals surface area (Å²) in [5.41, 5.74) is 0.979. The molecule has 0 saturated carbocycles. The molecule has 1 atom stereocenters. The number of amides is 2. The number of ether oxygens (including phenoxy) is 1. The van der Waals surface area contributed by atoms with Crippen LogP contribution >= 0.6 is 22.9 Å². The summed E-state index contributed by atoms with van der Waals surface area (Å²) >= 11 is 7.62. The van der Waals surface area contributed by atoms with E-state index in [2.05, 4.69) is 6.58 Å². The van der Waals surface area contributed by atoms with Crippen LogP contribution in [0.5, 0.6) is 5.75 Å². The van der Waals surface area contributed by atoms with Crippen LogP contribution in [-0.2, 0) is 11.2 Å². The van der Waals surface area contributed by atoms with Gasteiger partial charge in [-0.25, -0.2) is 4.39 Å². The summed E-state index contributed by atoms with van der Waals surface area (Å²) in [6.07, 6.45) is 2.26. The minimum Gasteiger partial charge on any atom is -0.491 e. The van der Waals surface area contributed by atoms with E-state index in [1.54, 1.807) is 46.6 Å². The molecule has 0 bridgehead atoms. The summed E-state index contributed by atoms with van der Waals surface area (Å²) in [6.45, 7) is 4.40. The van der Waals surface area contributed by atoms with Gasteiger partial charge in [-0.2, -0.15) is 0 Å². The van der Waals surface area contributed by atoms with Gasteiger partial charge >= 0.3 is 0 Å². The summed E-state index contributed by atoms with van der Waals surface area (Å²) in [5.74, 6) is -0.743. The number of carbonyl (C=O) groups excluding carboxylic acids is 2. The zero-order valence-corrected chi connectivity index (χ0v) is 20.0. The minimum absolute atomic E-state index is 0.0708. The van der Waals surface area contributed by atoms with Crippen molar-refractivity contribution in [3.8, 4) is 5.75 Å². The number of carbonyl (C=O) groups is 2. The number of fused-ring (bicyclic) bond motifs is 1. The molecule has 0 spiro atoms. The van der Waals surface area contributed by atoms with Crippen LogP contribution in [0.3, 0.4) is 0 Å². The van der Waals surface area contributed by atoms with E-state index in [-0.39, 0.29) is 37.2 Å². The van der Waals surface area contributed by atoms with E-state index in [1.807, 2.05) is 11.4 Å². The fraction of sp³-hybridized carbons (Fsp3) is 0.231. The standard InChI is InChI=1S/C26H24ClFN2O3S/c1-2-13-29(26(32)20-5-3-4-6-22(20)28)16-25(31)30-14-11-24-21(12-15-34-24)23(30)17-33-19-9-7-18(27)8-10-19/h2-10,12,15,23H,1,11,13-14,16-17H2. The molecule has 1 aromatic heterocycles. The molecule has 2 heterocycles. The molecule has 8 heteroatoms. The lowest BCUT2D eigenvalue weighted by Crippen LogP contribution is -2.48. The number of thiophene rings is 1. The van der Waals surface area contributed by atoms with E-state index in [1.165, 1.54) is 34.1 Å². The van der Waals surface area contributed by atoms with Crippen molar-refractivity contribution in [2.24, 2.45) is 0 Å². The van der Waals surface area contributed by atoms with Crippen molar-refractivity contribution in [2.75, 3.05) is 26.2 Å². The first-order valence-corrected chi connectivity index (χ1v) is 12.1. The molecule has 0 aliphatic carbocycles. The maximum Gasteiger partial charge on any atom is 0.257 e. The summed E-state index contributed by atoms with van der Waals surface area (Å²) in [5, 5.41) is 2.63. The topological polar surface area (TPSA) is 49.9 Å². The molecule has 4 rings (SSSR count). The van der Waals surface area contributed by atoms with Crippen LogP contribution in [0.4, 0.5) is 4.39 Å². The van der Waals surface area contributed by atoms with E-state index in [4.69, 9.17) is 16.3 Å². The number of hydrogen-bond acceptors (Lipinski definition) is 4. The highest BCUT2D eigenvalue weighted by Gasteiger charge is 2.33. The Morgan fingerprint density at radius 2 is 1.97 bits per heavy atom. The molecule has 0 saturated heterocycles. The van der Waals surface area contributed by atoms with Gasteiger partial charge in [0.2, 0.25) is 5.91 Å². The van der Waals surface area contributed by atoms with E-state index in [0.29, 0.717) is 17.3 Å². The van der Waals surface area contributed by atoms with Crippen LogP contribution < -0.4 is 4.74 Å². The molecule has 1 unspecified atom stereocenters. The predicted molar refractivity (Wildman–Crippen MR) is 132 cm³/mol. The second-order valence-electron chi connectivity index (χ2n) is 7.87. The van der Waals surface area contributed by atoms with Gasteiger partial charge in [0.05, 0.1) is 11.6 Å². The first-order chi connectivity index (χ1) is 16.5. The van der Waals surface area contributed by atoms with Gasteiger partial charge in [0.15, 0.2) is 0 Å². The van der Waals surface area contributed by atoms with Crippen LogP contribution in [0.1, 0.15) is 26.8 Å². The number of rotatable bonds is 8. The van der Waals surface area contributed by atoms with Gasteiger partial charge < -0.3 is 14.5 Å². The molecule has 2 aromatic carbocycles. The Morgan fingerprint density at radius 3 is 2.71 bits per heavy atom. The third kappa shape index (κ3) is 5.32. The highest BCUT2D eigenvalue weighted by atomic mass is 35.5. The van der Waals surface area contributed by atoms with E-state index in [9.17, 15) is 14.0 Å². The van der Waals surface area contributed by atoms with Crippen molar-refractivity contribution < 1.29 is 18.7 Å². The van der Waals surface area contributed by atoms with Crippen molar-refractivity contribution in [2.45, 2.75) is 12.5 Å². The van der Waals surface area contributed by atoms with Crippen molar-refractivity contribution >= 4 is 34.8 Å². The van der Waals surface area contributed by atoms with Gasteiger partial charge in [0.25, 0.3) is 5.91 Å². The molecule has 1 aliphatic rings. The summed E-state index contributed by atoms with van der Waals surface area (Å²) in [7, 11) is 0. The van der Waals surface area contributed by atoms with Crippen molar-refractivity contribution in [3.05, 3.63) is 99.5 Å². The maximum atomic E-state index is 14.2. The largest absolute Gasteiger partial charge is 0.491 e. The molecule has 0 fully saturated rings. The maximum absolute atomic E-state index is 14.2. The Morgan fingerprint density at radius 1 is 1.21 bits per heavy atom. The molecule has 5 nitrogen and oxygen atoms in total. The molecular formula is C26H24ClFN2O3S. The highest BCUT2D eigenvalue weighted by molar-refractivity contribution is 7.10. The fourth-order valence-electron chi connectivity index (χ4n) is 4.01. The predicted octanol–water partition coefficient (Wildman–Crippen LogP) is 5.37. The molecule has 3 aromatic rings. The molecule has 34 heavy (non-hydrogen) atoms. The van der Waals surface area contributed by atoms with E-state index < -0.39 is 11.7 Å². The Bertz CT molecular complexity index is 1180. The van der Waals surface area contributed by atoms with Crippen LogP contribution in [0.2, 0.25) is 5.02 Å². The number of benzene rings is 2. The number of hydrogen-bond donors (Lipinski definition) is 0. The van der Waals surface area contributed by atoms with Crippen LogP contribution in [-0.4, -0.2) is 47.9 Å². The smallest absolute Gasteiger partial charge is 0.257 e. The van der Waals surface area contributed by atoms with Gasteiger partial charge in [-0.3, -0.25) is 9.59 Å². The summed E-state index contributed by atoms with van der Waals surface area (Å²) in [4.78, 5) is 30.7. The molecular weight excluding hydrogens is 475 g/mol. The van der Waals surface area contributed by atoms with Crippen molar-refractivity contribution in [1.82, 2.24) is 9.80 Å². The molecule has 176 valence electrons. The van der Waals surface area contributed by atoms with Crippen LogP contribution in [0.15, 0.2) is 72.6 Å². The third-order valence-corrected chi connectivity index (χ3v) is 6.95. The Kier molecular flexibility index (Phi) is 7.65. The third-order valence-electron chi connectivity index (χ3n) is 5.70. The molecule has 0 radical (unpaired) electrons. The molecule has 0 N–H and O–H groups in total. The Hall–Kier alpha value is -3.16. The van der Waals surface area contributed by atoms with E-state index in [0.717, 1.165) is 12.0 Å². The fourth-order valence-corrected chi connectivity index (χ4v) is 5.07.